The number of nitrogens with zero attached hydrogens (tertiary/aromatic N) is 2. The topological polar surface area (TPSA) is 67.1 Å². The van der Waals surface area contributed by atoms with Crippen molar-refractivity contribution in [2.24, 2.45) is 0 Å². The molecule has 0 radical (unpaired) electrons. The second-order valence-corrected chi connectivity index (χ2v) is 4.49. The van der Waals surface area contributed by atoms with Crippen molar-refractivity contribution >= 4 is 5.69 Å². The van der Waals surface area contributed by atoms with E-state index in [1.807, 2.05) is 43.5 Å². The number of aryl methyl sites for hydroxylation is 1. The molecule has 0 amide bonds. The Morgan fingerprint density at radius 1 is 1.24 bits per heavy atom. The molecule has 0 bridgehead atoms. The third-order valence-electron chi connectivity index (χ3n) is 3.05. The van der Waals surface area contributed by atoms with Gasteiger partial charge in [0.05, 0.1) is 5.69 Å². The molecule has 0 spiro atoms. The molecule has 0 fully saturated rings. The molecule has 2 rings (SSSR count). The van der Waals surface area contributed by atoms with E-state index in [4.69, 9.17) is 10.00 Å². The Kier molecular flexibility index (Phi) is 4.99. The zero-order chi connectivity index (χ0) is 15.1. The number of nitriles is 1. The van der Waals surface area contributed by atoms with Crippen LogP contribution in [-0.2, 0) is 13.1 Å². The summed E-state index contributed by atoms with van der Waals surface area (Å²) < 4.78 is 6.85. The highest BCUT2D eigenvalue weighted by molar-refractivity contribution is 5.41. The van der Waals surface area contributed by atoms with Crippen LogP contribution in [-0.4, -0.2) is 11.2 Å². The lowest BCUT2D eigenvalue weighted by Gasteiger charge is -2.09. The molecule has 21 heavy (non-hydrogen) atoms. The fourth-order valence-electron chi connectivity index (χ4n) is 1.91. The first kappa shape index (κ1) is 14.7. The number of aromatic nitrogens is 1. The number of benzene rings is 1. The molecule has 0 saturated carbocycles. The van der Waals surface area contributed by atoms with E-state index in [1.54, 1.807) is 16.7 Å². The van der Waals surface area contributed by atoms with E-state index in [0.717, 1.165) is 11.3 Å². The van der Waals surface area contributed by atoms with Crippen LogP contribution in [0.1, 0.15) is 12.5 Å². The van der Waals surface area contributed by atoms with Gasteiger partial charge in [0, 0.05) is 25.4 Å². The molecule has 0 saturated heterocycles. The zero-order valence-electron chi connectivity index (χ0n) is 11.9. The number of rotatable bonds is 6. The van der Waals surface area contributed by atoms with Crippen molar-refractivity contribution in [3.8, 4) is 11.8 Å². The van der Waals surface area contributed by atoms with E-state index >= 15 is 0 Å². The van der Waals surface area contributed by atoms with Crippen molar-refractivity contribution in [2.45, 2.75) is 20.0 Å². The first-order chi connectivity index (χ1) is 10.2. The normalized spacial score (nSPS) is 9.90. The van der Waals surface area contributed by atoms with Crippen molar-refractivity contribution in [1.29, 1.82) is 5.26 Å². The van der Waals surface area contributed by atoms with Crippen molar-refractivity contribution in [3.63, 3.8) is 0 Å². The Bertz CT molecular complexity index is 684. The highest BCUT2D eigenvalue weighted by atomic mass is 16.5. The molecule has 5 heteroatoms. The lowest BCUT2D eigenvalue weighted by Crippen LogP contribution is -2.17. The van der Waals surface area contributed by atoms with E-state index in [9.17, 15) is 4.79 Å². The smallest absolute Gasteiger partial charge is 0.250 e. The number of anilines is 1. The molecule has 0 aliphatic carbocycles. The minimum atomic E-state index is 0.00189. The molecule has 2 aromatic rings. The third-order valence-corrected chi connectivity index (χ3v) is 3.05. The summed E-state index contributed by atoms with van der Waals surface area (Å²) in [5.41, 5.74) is 2.00. The van der Waals surface area contributed by atoms with Crippen molar-refractivity contribution < 1.29 is 4.74 Å². The second kappa shape index (κ2) is 7.15. The Labute approximate surface area is 123 Å². The van der Waals surface area contributed by atoms with Crippen LogP contribution in [0.4, 0.5) is 5.69 Å². The number of hydrogen-bond donors (Lipinski definition) is 1. The fourth-order valence-corrected chi connectivity index (χ4v) is 1.91. The standard InChI is InChI=1S/C16H17N3O2/c1-2-19-12-14(5-8-16(19)20)18-11-13-3-6-15(7-4-13)21-10-9-17/h3-8,12,18H,2,10-11H2,1H3. The second-order valence-electron chi connectivity index (χ2n) is 4.49. The minimum Gasteiger partial charge on any atom is -0.479 e. The average Bonchev–Trinajstić information content (AvgIpc) is 2.53. The highest BCUT2D eigenvalue weighted by Gasteiger charge is 1.99. The van der Waals surface area contributed by atoms with E-state index in [-0.39, 0.29) is 12.2 Å². The maximum atomic E-state index is 11.5. The number of ether oxygens (including phenoxy) is 1. The van der Waals surface area contributed by atoms with Gasteiger partial charge in [-0.2, -0.15) is 5.26 Å². The highest BCUT2D eigenvalue weighted by Crippen LogP contribution is 2.13. The number of hydrogen-bond acceptors (Lipinski definition) is 4. The van der Waals surface area contributed by atoms with Crippen molar-refractivity contribution in [3.05, 3.63) is 58.5 Å². The van der Waals surface area contributed by atoms with Gasteiger partial charge in [0.15, 0.2) is 6.61 Å². The summed E-state index contributed by atoms with van der Waals surface area (Å²) in [5, 5.41) is 11.7. The van der Waals surface area contributed by atoms with Crippen LogP contribution in [0.2, 0.25) is 0 Å². The molecular weight excluding hydrogens is 266 g/mol. The molecule has 0 aliphatic rings. The molecular formula is C16H17N3O2. The van der Waals surface area contributed by atoms with Crippen molar-refractivity contribution in [1.82, 2.24) is 4.57 Å². The number of nitrogens with one attached hydrogen (secondary N) is 1. The minimum absolute atomic E-state index is 0.00189. The molecule has 1 heterocycles. The molecule has 5 nitrogen and oxygen atoms in total. The predicted molar refractivity (Wildman–Crippen MR) is 81.3 cm³/mol. The molecule has 0 aliphatic heterocycles. The van der Waals surface area contributed by atoms with Gasteiger partial charge in [0.1, 0.15) is 11.8 Å². The van der Waals surface area contributed by atoms with Gasteiger partial charge in [-0.05, 0) is 30.7 Å². The van der Waals surface area contributed by atoms with Gasteiger partial charge >= 0.3 is 0 Å². The third kappa shape index (κ3) is 4.11. The molecule has 1 N–H and O–H groups in total. The average molecular weight is 283 g/mol. The largest absolute Gasteiger partial charge is 0.479 e. The summed E-state index contributed by atoms with van der Waals surface area (Å²) in [6.07, 6.45) is 1.81. The fraction of sp³-hybridized carbons (Fsp3) is 0.250. The van der Waals surface area contributed by atoms with Gasteiger partial charge in [-0.15, -0.1) is 0 Å². The maximum absolute atomic E-state index is 11.5. The lowest BCUT2D eigenvalue weighted by molar-refractivity contribution is 0.368. The SMILES string of the molecule is CCn1cc(NCc2ccc(OCC#N)cc2)ccc1=O. The lowest BCUT2D eigenvalue weighted by atomic mass is 10.2. The quantitative estimate of drug-likeness (QED) is 0.884. The van der Waals surface area contributed by atoms with Crippen LogP contribution in [0, 0.1) is 11.3 Å². The molecule has 0 unspecified atom stereocenters. The zero-order valence-corrected chi connectivity index (χ0v) is 11.9. The van der Waals surface area contributed by atoms with E-state index in [1.165, 1.54) is 0 Å². The molecule has 1 aromatic carbocycles. The summed E-state index contributed by atoms with van der Waals surface area (Å²) in [7, 11) is 0. The monoisotopic (exact) mass is 283 g/mol. The van der Waals surface area contributed by atoms with Crippen LogP contribution >= 0.6 is 0 Å². The van der Waals surface area contributed by atoms with Crippen LogP contribution in [0.25, 0.3) is 0 Å². The Morgan fingerprint density at radius 3 is 2.67 bits per heavy atom. The Morgan fingerprint density at radius 2 is 2.00 bits per heavy atom. The van der Waals surface area contributed by atoms with Gasteiger partial charge < -0.3 is 14.6 Å². The van der Waals surface area contributed by atoms with E-state index in [0.29, 0.717) is 18.8 Å². The van der Waals surface area contributed by atoms with E-state index < -0.39 is 0 Å². The maximum Gasteiger partial charge on any atom is 0.250 e. The summed E-state index contributed by atoms with van der Waals surface area (Å²) in [6, 6.07) is 12.8. The first-order valence-corrected chi connectivity index (χ1v) is 6.76. The van der Waals surface area contributed by atoms with Gasteiger partial charge in [-0.25, -0.2) is 0 Å². The van der Waals surface area contributed by atoms with Crippen molar-refractivity contribution in [2.75, 3.05) is 11.9 Å². The van der Waals surface area contributed by atoms with Gasteiger partial charge in [0.2, 0.25) is 0 Å². The van der Waals surface area contributed by atoms with Crippen LogP contribution in [0.5, 0.6) is 5.75 Å². The van der Waals surface area contributed by atoms with Gasteiger partial charge in [-0.1, -0.05) is 12.1 Å². The predicted octanol–water partition coefficient (Wildman–Crippen LogP) is 2.38. The molecule has 0 atom stereocenters. The van der Waals surface area contributed by atoms with Crippen LogP contribution < -0.4 is 15.6 Å². The summed E-state index contributed by atoms with van der Waals surface area (Å²) in [6.45, 7) is 3.29. The molecule has 108 valence electrons. The van der Waals surface area contributed by atoms with Gasteiger partial charge in [0.25, 0.3) is 5.56 Å². The number of pyridine rings is 1. The summed E-state index contributed by atoms with van der Waals surface area (Å²) in [5.74, 6) is 0.680. The van der Waals surface area contributed by atoms with Gasteiger partial charge in [-0.3, -0.25) is 4.79 Å². The Balaban J connectivity index is 1.96. The first-order valence-electron chi connectivity index (χ1n) is 6.76. The van der Waals surface area contributed by atoms with Crippen LogP contribution in [0.15, 0.2) is 47.4 Å². The summed E-state index contributed by atoms with van der Waals surface area (Å²) in [4.78, 5) is 11.5. The van der Waals surface area contributed by atoms with E-state index in [2.05, 4.69) is 5.32 Å². The molecule has 1 aromatic heterocycles. The summed E-state index contributed by atoms with van der Waals surface area (Å²) >= 11 is 0. The Hall–Kier alpha value is -2.74. The van der Waals surface area contributed by atoms with Crippen LogP contribution in [0.3, 0.4) is 0 Å².